The number of halogens is 1. The summed E-state index contributed by atoms with van der Waals surface area (Å²) in [6, 6.07) is 8.41. The first-order chi connectivity index (χ1) is 7.12. The van der Waals surface area contributed by atoms with E-state index in [0.29, 0.717) is 13.2 Å². The van der Waals surface area contributed by atoms with Gasteiger partial charge in [-0.25, -0.2) is 0 Å². The molecule has 0 aliphatic rings. The van der Waals surface area contributed by atoms with E-state index in [9.17, 15) is 0 Å². The van der Waals surface area contributed by atoms with Crippen molar-refractivity contribution in [3.8, 4) is 0 Å². The predicted octanol–water partition coefficient (Wildman–Crippen LogP) is 2.64. The molecule has 0 spiro atoms. The molecule has 2 nitrogen and oxygen atoms in total. The van der Waals surface area contributed by atoms with Gasteiger partial charge in [-0.05, 0) is 60.3 Å². The second-order valence-corrected chi connectivity index (χ2v) is 7.61. The molecule has 0 fully saturated rings. The van der Waals surface area contributed by atoms with Crippen LogP contribution in [0.2, 0.25) is 6.55 Å². The van der Waals surface area contributed by atoms with Gasteiger partial charge in [0.05, 0.1) is 0 Å². The Labute approximate surface area is 106 Å². The van der Waals surface area contributed by atoms with Gasteiger partial charge in [-0.2, -0.15) is 0 Å². The first-order valence-electron chi connectivity index (χ1n) is 5.16. The van der Waals surface area contributed by atoms with Crippen LogP contribution in [0.25, 0.3) is 0 Å². The topological polar surface area (TPSA) is 18.5 Å². The fourth-order valence-corrected chi connectivity index (χ4v) is 4.16. The van der Waals surface area contributed by atoms with Crippen LogP contribution in [-0.4, -0.2) is 21.8 Å². The standard InChI is InChI=1S/C11H17IO2Si/c1-4-13-15(3,14-5-2)11-8-6-10(12)7-9-11/h6-9H,4-5H2,1-3H3. The van der Waals surface area contributed by atoms with Gasteiger partial charge in [0, 0.05) is 16.8 Å². The zero-order valence-electron chi connectivity index (χ0n) is 9.42. The highest BCUT2D eigenvalue weighted by Gasteiger charge is 2.33. The second-order valence-electron chi connectivity index (χ2n) is 3.32. The van der Waals surface area contributed by atoms with Crippen LogP contribution < -0.4 is 5.19 Å². The summed E-state index contributed by atoms with van der Waals surface area (Å²) in [7, 11) is -2.15. The van der Waals surface area contributed by atoms with Crippen LogP contribution in [0.4, 0.5) is 0 Å². The van der Waals surface area contributed by atoms with E-state index in [1.54, 1.807) is 0 Å². The predicted molar refractivity (Wildman–Crippen MR) is 73.7 cm³/mol. The number of benzene rings is 1. The third kappa shape index (κ3) is 3.55. The van der Waals surface area contributed by atoms with E-state index in [1.807, 2.05) is 13.8 Å². The van der Waals surface area contributed by atoms with Crippen molar-refractivity contribution in [3.63, 3.8) is 0 Å². The quantitative estimate of drug-likeness (QED) is 0.608. The van der Waals surface area contributed by atoms with E-state index < -0.39 is 8.56 Å². The molecule has 0 N–H and O–H groups in total. The van der Waals surface area contributed by atoms with Gasteiger partial charge in [0.15, 0.2) is 0 Å². The summed E-state index contributed by atoms with van der Waals surface area (Å²) in [6.45, 7) is 7.53. The van der Waals surface area contributed by atoms with Crippen molar-refractivity contribution in [1.82, 2.24) is 0 Å². The van der Waals surface area contributed by atoms with Gasteiger partial charge < -0.3 is 8.85 Å². The van der Waals surface area contributed by atoms with E-state index in [2.05, 4.69) is 53.4 Å². The van der Waals surface area contributed by atoms with Crippen LogP contribution in [0.1, 0.15) is 13.8 Å². The Hall–Kier alpha value is 0.0869. The molecule has 0 saturated carbocycles. The molecule has 0 bridgehead atoms. The van der Waals surface area contributed by atoms with Crippen LogP contribution >= 0.6 is 22.6 Å². The molecule has 1 rings (SSSR count). The molecule has 4 heteroatoms. The third-order valence-electron chi connectivity index (χ3n) is 2.21. The van der Waals surface area contributed by atoms with E-state index in [1.165, 1.54) is 8.76 Å². The molecule has 0 heterocycles. The lowest BCUT2D eigenvalue weighted by molar-refractivity contribution is 0.202. The van der Waals surface area contributed by atoms with Gasteiger partial charge in [0.25, 0.3) is 0 Å². The van der Waals surface area contributed by atoms with Crippen molar-refractivity contribution < 1.29 is 8.85 Å². The number of rotatable bonds is 5. The molecule has 0 unspecified atom stereocenters. The SMILES string of the molecule is CCO[Si](C)(OCC)c1ccc(I)cc1. The highest BCUT2D eigenvalue weighted by atomic mass is 127. The zero-order chi connectivity index (χ0) is 11.3. The Morgan fingerprint density at radius 2 is 1.53 bits per heavy atom. The van der Waals surface area contributed by atoms with Crippen molar-refractivity contribution in [3.05, 3.63) is 27.8 Å². The number of hydrogen-bond donors (Lipinski definition) is 0. The Kier molecular flexibility index (Phi) is 5.24. The van der Waals surface area contributed by atoms with Crippen molar-refractivity contribution in [2.75, 3.05) is 13.2 Å². The Bertz CT molecular complexity index is 294. The smallest absolute Gasteiger partial charge is 0.369 e. The summed E-state index contributed by atoms with van der Waals surface area (Å²) in [4.78, 5) is 0. The molecule has 15 heavy (non-hydrogen) atoms. The maximum absolute atomic E-state index is 5.81. The molecule has 0 radical (unpaired) electrons. The molecule has 0 aliphatic heterocycles. The van der Waals surface area contributed by atoms with Crippen LogP contribution in [0.15, 0.2) is 24.3 Å². The van der Waals surface area contributed by atoms with E-state index >= 15 is 0 Å². The fourth-order valence-electron chi connectivity index (χ4n) is 1.51. The van der Waals surface area contributed by atoms with Crippen molar-refractivity contribution >= 4 is 36.3 Å². The first kappa shape index (κ1) is 13.2. The minimum Gasteiger partial charge on any atom is -0.391 e. The van der Waals surface area contributed by atoms with Crippen molar-refractivity contribution in [2.45, 2.75) is 20.4 Å². The van der Waals surface area contributed by atoms with Crippen molar-refractivity contribution in [2.24, 2.45) is 0 Å². The number of hydrogen-bond acceptors (Lipinski definition) is 2. The van der Waals surface area contributed by atoms with Gasteiger partial charge in [-0.15, -0.1) is 0 Å². The average Bonchev–Trinajstić information content (AvgIpc) is 2.19. The fraction of sp³-hybridized carbons (Fsp3) is 0.455. The molecule has 0 aromatic heterocycles. The lowest BCUT2D eigenvalue weighted by Crippen LogP contribution is -2.51. The summed E-state index contributed by atoms with van der Waals surface area (Å²) < 4.78 is 12.9. The van der Waals surface area contributed by atoms with Crippen LogP contribution in [0.5, 0.6) is 0 Å². The maximum Gasteiger partial charge on any atom is 0.369 e. The minimum absolute atomic E-state index is 0.703. The summed E-state index contributed by atoms with van der Waals surface area (Å²) in [5.41, 5.74) is 0. The Morgan fingerprint density at radius 3 is 1.93 bits per heavy atom. The van der Waals surface area contributed by atoms with Gasteiger partial charge in [-0.1, -0.05) is 12.1 Å². The highest BCUT2D eigenvalue weighted by molar-refractivity contribution is 14.1. The Morgan fingerprint density at radius 1 is 1.07 bits per heavy atom. The average molecular weight is 336 g/mol. The molecule has 0 atom stereocenters. The monoisotopic (exact) mass is 336 g/mol. The summed E-state index contributed by atoms with van der Waals surface area (Å²) in [5.74, 6) is 0. The largest absolute Gasteiger partial charge is 0.391 e. The summed E-state index contributed by atoms with van der Waals surface area (Å²) >= 11 is 2.30. The molecular formula is C11H17IO2Si. The van der Waals surface area contributed by atoms with Gasteiger partial charge in [0.2, 0.25) is 0 Å². The Balaban J connectivity index is 2.92. The normalized spacial score (nSPS) is 11.7. The highest BCUT2D eigenvalue weighted by Crippen LogP contribution is 2.10. The van der Waals surface area contributed by atoms with Crippen molar-refractivity contribution in [1.29, 1.82) is 0 Å². The lowest BCUT2D eigenvalue weighted by Gasteiger charge is -2.26. The molecule has 0 aliphatic carbocycles. The maximum atomic E-state index is 5.81. The second kappa shape index (κ2) is 5.98. The van der Waals surface area contributed by atoms with Gasteiger partial charge in [-0.3, -0.25) is 0 Å². The minimum atomic E-state index is -2.15. The molecule has 1 aromatic carbocycles. The molecular weight excluding hydrogens is 319 g/mol. The van der Waals surface area contributed by atoms with E-state index in [-0.39, 0.29) is 0 Å². The third-order valence-corrected chi connectivity index (χ3v) is 5.99. The molecule has 1 aromatic rings. The van der Waals surface area contributed by atoms with Crippen LogP contribution in [0, 0.1) is 3.57 Å². The molecule has 84 valence electrons. The van der Waals surface area contributed by atoms with E-state index in [4.69, 9.17) is 8.85 Å². The summed E-state index contributed by atoms with van der Waals surface area (Å²) in [5, 5.41) is 1.20. The van der Waals surface area contributed by atoms with Crippen LogP contribution in [0.3, 0.4) is 0 Å². The molecule has 0 amide bonds. The zero-order valence-corrected chi connectivity index (χ0v) is 12.6. The lowest BCUT2D eigenvalue weighted by atomic mass is 10.4. The first-order valence-corrected chi connectivity index (χ1v) is 8.56. The summed E-state index contributed by atoms with van der Waals surface area (Å²) in [6.07, 6.45) is 0. The van der Waals surface area contributed by atoms with Crippen LogP contribution in [-0.2, 0) is 8.85 Å². The molecule has 0 saturated heterocycles. The van der Waals surface area contributed by atoms with Gasteiger partial charge >= 0.3 is 8.56 Å². The van der Waals surface area contributed by atoms with E-state index in [0.717, 1.165) is 0 Å². The van der Waals surface area contributed by atoms with Gasteiger partial charge in [0.1, 0.15) is 0 Å².